The lowest BCUT2D eigenvalue weighted by molar-refractivity contribution is 0.0533. The zero-order valence-electron chi connectivity index (χ0n) is 17.6. The number of anilines is 2. The summed E-state index contributed by atoms with van der Waals surface area (Å²) < 4.78 is 7.34. The van der Waals surface area contributed by atoms with E-state index >= 15 is 0 Å². The number of amides is 1. The third-order valence-corrected chi connectivity index (χ3v) is 5.85. The van der Waals surface area contributed by atoms with Crippen LogP contribution in [0.4, 0.5) is 11.4 Å². The van der Waals surface area contributed by atoms with Crippen molar-refractivity contribution in [1.29, 1.82) is 0 Å². The Morgan fingerprint density at radius 1 is 1.26 bits per heavy atom. The normalized spacial score (nSPS) is 19.3. The number of morpholine rings is 1. The molecule has 0 radical (unpaired) electrons. The van der Waals surface area contributed by atoms with Gasteiger partial charge in [0.05, 0.1) is 47.7 Å². The smallest absolute Gasteiger partial charge is 0.259 e. The van der Waals surface area contributed by atoms with Crippen LogP contribution in [0.15, 0.2) is 43.0 Å². The van der Waals surface area contributed by atoms with Gasteiger partial charge >= 0.3 is 0 Å². The van der Waals surface area contributed by atoms with E-state index in [-0.39, 0.29) is 12.0 Å². The zero-order chi connectivity index (χ0) is 21.2. The van der Waals surface area contributed by atoms with Crippen LogP contribution in [0.3, 0.4) is 0 Å². The van der Waals surface area contributed by atoms with Crippen molar-refractivity contribution in [1.82, 2.24) is 19.6 Å². The van der Waals surface area contributed by atoms with Gasteiger partial charge in [-0.05, 0) is 50.3 Å². The van der Waals surface area contributed by atoms with E-state index in [1.807, 2.05) is 12.3 Å². The van der Waals surface area contributed by atoms with Crippen LogP contribution in [0, 0.1) is 0 Å². The molecule has 4 heterocycles. The average molecular weight is 419 g/mol. The molecule has 0 spiro atoms. The maximum Gasteiger partial charge on any atom is 0.259 e. The SMILES string of the molecule is CC1CN(c2ccncc2NC(=O)c2ccnn3cc(C4=CCCCC4)nc23)CCO1. The van der Waals surface area contributed by atoms with Crippen molar-refractivity contribution in [3.05, 3.63) is 54.3 Å². The summed E-state index contributed by atoms with van der Waals surface area (Å²) in [5.41, 5.74) is 4.81. The number of allylic oxidation sites excluding steroid dienone is 2. The van der Waals surface area contributed by atoms with Gasteiger partial charge in [0, 0.05) is 25.5 Å². The molecular weight excluding hydrogens is 392 g/mol. The Morgan fingerprint density at radius 3 is 3.03 bits per heavy atom. The van der Waals surface area contributed by atoms with E-state index in [2.05, 4.69) is 33.3 Å². The molecule has 1 fully saturated rings. The molecule has 0 bridgehead atoms. The third-order valence-electron chi connectivity index (χ3n) is 5.85. The second-order valence-corrected chi connectivity index (χ2v) is 8.09. The lowest BCUT2D eigenvalue weighted by Gasteiger charge is -2.33. The summed E-state index contributed by atoms with van der Waals surface area (Å²) >= 11 is 0. The van der Waals surface area contributed by atoms with Crippen LogP contribution in [-0.4, -0.2) is 51.3 Å². The van der Waals surface area contributed by atoms with E-state index < -0.39 is 0 Å². The molecule has 1 atom stereocenters. The molecule has 3 aromatic heterocycles. The largest absolute Gasteiger partial charge is 0.375 e. The predicted octanol–water partition coefficient (Wildman–Crippen LogP) is 3.56. The molecule has 0 aromatic carbocycles. The Balaban J connectivity index is 1.44. The minimum Gasteiger partial charge on any atom is -0.375 e. The fourth-order valence-corrected chi connectivity index (χ4v) is 4.29. The second-order valence-electron chi connectivity index (χ2n) is 8.09. The first kappa shape index (κ1) is 19.7. The highest BCUT2D eigenvalue weighted by molar-refractivity contribution is 6.09. The van der Waals surface area contributed by atoms with Crippen molar-refractivity contribution in [2.75, 3.05) is 29.9 Å². The summed E-state index contributed by atoms with van der Waals surface area (Å²) in [4.78, 5) is 24.4. The van der Waals surface area contributed by atoms with Crippen LogP contribution < -0.4 is 10.2 Å². The van der Waals surface area contributed by atoms with Crippen LogP contribution >= 0.6 is 0 Å². The topological polar surface area (TPSA) is 84.7 Å². The summed E-state index contributed by atoms with van der Waals surface area (Å²) in [5, 5.41) is 7.40. The molecule has 1 aliphatic carbocycles. The van der Waals surface area contributed by atoms with E-state index in [1.54, 1.807) is 29.2 Å². The van der Waals surface area contributed by atoms with E-state index in [0.717, 1.165) is 37.3 Å². The van der Waals surface area contributed by atoms with Crippen molar-refractivity contribution >= 4 is 28.5 Å². The maximum atomic E-state index is 13.2. The number of nitrogens with zero attached hydrogens (tertiary/aromatic N) is 5. The first-order valence-electron chi connectivity index (χ1n) is 10.8. The molecule has 160 valence electrons. The van der Waals surface area contributed by atoms with Gasteiger partial charge in [0.2, 0.25) is 0 Å². The number of pyridine rings is 1. The van der Waals surface area contributed by atoms with Crippen molar-refractivity contribution in [2.45, 2.75) is 38.7 Å². The van der Waals surface area contributed by atoms with Gasteiger partial charge in [0.15, 0.2) is 5.65 Å². The highest BCUT2D eigenvalue weighted by atomic mass is 16.5. The summed E-state index contributed by atoms with van der Waals surface area (Å²) in [5.74, 6) is -0.224. The van der Waals surface area contributed by atoms with E-state index in [9.17, 15) is 4.79 Å². The van der Waals surface area contributed by atoms with Crippen LogP contribution in [0.25, 0.3) is 11.2 Å². The monoisotopic (exact) mass is 418 g/mol. The Morgan fingerprint density at radius 2 is 2.19 bits per heavy atom. The molecule has 1 N–H and O–H groups in total. The molecule has 1 saturated heterocycles. The lowest BCUT2D eigenvalue weighted by Crippen LogP contribution is -2.41. The first-order valence-corrected chi connectivity index (χ1v) is 10.8. The molecule has 8 nitrogen and oxygen atoms in total. The summed E-state index contributed by atoms with van der Waals surface area (Å²) in [7, 11) is 0. The molecule has 1 unspecified atom stereocenters. The zero-order valence-corrected chi connectivity index (χ0v) is 17.6. The average Bonchev–Trinajstić information content (AvgIpc) is 3.24. The number of fused-ring (bicyclic) bond motifs is 1. The molecule has 1 amide bonds. The van der Waals surface area contributed by atoms with Gasteiger partial charge in [-0.2, -0.15) is 5.10 Å². The van der Waals surface area contributed by atoms with Gasteiger partial charge in [-0.1, -0.05) is 6.08 Å². The van der Waals surface area contributed by atoms with Gasteiger partial charge in [-0.15, -0.1) is 0 Å². The van der Waals surface area contributed by atoms with E-state index in [4.69, 9.17) is 9.72 Å². The fraction of sp³-hybridized carbons (Fsp3) is 0.391. The second kappa shape index (κ2) is 8.47. The highest BCUT2D eigenvalue weighted by Gasteiger charge is 2.22. The minimum absolute atomic E-state index is 0.141. The summed E-state index contributed by atoms with van der Waals surface area (Å²) in [6, 6.07) is 3.64. The summed E-state index contributed by atoms with van der Waals surface area (Å²) in [6.07, 6.45) is 13.9. The van der Waals surface area contributed by atoms with Crippen LogP contribution in [0.5, 0.6) is 0 Å². The van der Waals surface area contributed by atoms with Gasteiger partial charge in [0.25, 0.3) is 5.91 Å². The molecule has 8 heteroatoms. The fourth-order valence-electron chi connectivity index (χ4n) is 4.29. The summed E-state index contributed by atoms with van der Waals surface area (Å²) in [6.45, 7) is 4.26. The van der Waals surface area contributed by atoms with Crippen molar-refractivity contribution in [3.63, 3.8) is 0 Å². The van der Waals surface area contributed by atoms with Gasteiger partial charge in [0.1, 0.15) is 0 Å². The first-order chi connectivity index (χ1) is 15.2. The van der Waals surface area contributed by atoms with Crippen LogP contribution in [-0.2, 0) is 4.74 Å². The Labute approximate surface area is 180 Å². The Kier molecular flexibility index (Phi) is 5.38. The number of carbonyl (C=O) groups excluding carboxylic acids is 1. The molecule has 2 aliphatic rings. The number of aromatic nitrogens is 4. The molecule has 5 rings (SSSR count). The van der Waals surface area contributed by atoms with E-state index in [1.165, 1.54) is 18.4 Å². The van der Waals surface area contributed by atoms with Crippen molar-refractivity contribution < 1.29 is 9.53 Å². The number of ether oxygens (including phenoxy) is 1. The van der Waals surface area contributed by atoms with Gasteiger partial charge in [-0.3, -0.25) is 9.78 Å². The molecule has 3 aromatic rings. The molecule has 31 heavy (non-hydrogen) atoms. The predicted molar refractivity (Wildman–Crippen MR) is 119 cm³/mol. The molecule has 0 saturated carbocycles. The number of nitrogens with one attached hydrogen (secondary N) is 1. The molecule has 1 aliphatic heterocycles. The quantitative estimate of drug-likeness (QED) is 0.697. The standard InChI is InChI=1S/C23H26N6O2/c1-16-14-28(11-12-31-16)21-8-9-24-13-19(21)27-23(30)18-7-10-25-29-15-20(26-22(18)29)17-5-3-2-4-6-17/h5,7-10,13,15-16H,2-4,6,11-12,14H2,1H3,(H,27,30). The number of hydrogen-bond donors (Lipinski definition) is 1. The minimum atomic E-state index is -0.224. The van der Waals surface area contributed by atoms with Crippen LogP contribution in [0.1, 0.15) is 48.7 Å². The third kappa shape index (κ3) is 4.03. The van der Waals surface area contributed by atoms with E-state index in [0.29, 0.717) is 23.5 Å². The number of imidazole rings is 1. The Bertz CT molecular complexity index is 1140. The number of rotatable bonds is 4. The highest BCUT2D eigenvalue weighted by Crippen LogP contribution is 2.29. The van der Waals surface area contributed by atoms with Crippen molar-refractivity contribution in [2.24, 2.45) is 0 Å². The lowest BCUT2D eigenvalue weighted by atomic mass is 9.98. The van der Waals surface area contributed by atoms with Crippen molar-refractivity contribution in [3.8, 4) is 0 Å². The number of hydrogen-bond acceptors (Lipinski definition) is 6. The Hall–Kier alpha value is -3.26. The maximum absolute atomic E-state index is 13.2. The van der Waals surface area contributed by atoms with Crippen LogP contribution in [0.2, 0.25) is 0 Å². The molecular formula is C23H26N6O2. The van der Waals surface area contributed by atoms with Gasteiger partial charge in [-0.25, -0.2) is 9.50 Å². The number of carbonyl (C=O) groups is 1. The van der Waals surface area contributed by atoms with Gasteiger partial charge < -0.3 is 15.0 Å².